The maximum atomic E-state index is 12.6. The van der Waals surface area contributed by atoms with Gasteiger partial charge in [0.15, 0.2) is 11.4 Å². The van der Waals surface area contributed by atoms with Crippen molar-refractivity contribution >= 4 is 17.5 Å². The second-order valence-corrected chi connectivity index (χ2v) is 7.73. The molecule has 0 bridgehead atoms. The number of hydrogen-bond donors (Lipinski definition) is 1. The molecule has 2 aromatic heterocycles. The van der Waals surface area contributed by atoms with Crippen molar-refractivity contribution in [1.82, 2.24) is 24.8 Å². The number of pyridine rings is 1. The number of urea groups is 1. The lowest BCUT2D eigenvalue weighted by Gasteiger charge is -2.23. The number of carbonyl (C=O) groups excluding carboxylic acids is 2. The molecule has 1 unspecified atom stereocenters. The van der Waals surface area contributed by atoms with Crippen molar-refractivity contribution in [1.29, 1.82) is 0 Å². The Balaban J connectivity index is 1.55. The lowest BCUT2D eigenvalue weighted by atomic mass is 9.80. The van der Waals surface area contributed by atoms with Crippen LogP contribution in [-0.2, 0) is 0 Å². The maximum absolute atomic E-state index is 12.6. The van der Waals surface area contributed by atoms with Crippen LogP contribution in [0.1, 0.15) is 61.6 Å². The van der Waals surface area contributed by atoms with Crippen molar-refractivity contribution in [3.8, 4) is 0 Å². The number of ketones is 1. The minimum Gasteiger partial charge on any atom is -0.336 e. The third kappa shape index (κ3) is 3.06. The fraction of sp³-hybridized carbons (Fsp3) is 0.579. The summed E-state index contributed by atoms with van der Waals surface area (Å²) < 4.78 is 1.93. The zero-order valence-corrected chi connectivity index (χ0v) is 15.3. The van der Waals surface area contributed by atoms with Crippen LogP contribution in [-0.4, -0.2) is 50.4 Å². The van der Waals surface area contributed by atoms with Crippen LogP contribution in [0.4, 0.5) is 4.79 Å². The second kappa shape index (κ2) is 6.70. The van der Waals surface area contributed by atoms with Gasteiger partial charge in [-0.15, -0.1) is 10.2 Å². The zero-order valence-electron chi connectivity index (χ0n) is 15.3. The highest BCUT2D eigenvalue weighted by Crippen LogP contribution is 2.31. The molecule has 0 aromatic carbocycles. The van der Waals surface area contributed by atoms with Crippen molar-refractivity contribution in [2.75, 3.05) is 13.1 Å². The van der Waals surface area contributed by atoms with Gasteiger partial charge in [0.2, 0.25) is 0 Å². The van der Waals surface area contributed by atoms with E-state index < -0.39 is 0 Å². The number of amides is 2. The molecule has 4 rings (SSSR count). The Morgan fingerprint density at radius 3 is 2.69 bits per heavy atom. The summed E-state index contributed by atoms with van der Waals surface area (Å²) >= 11 is 0. The van der Waals surface area contributed by atoms with Crippen LogP contribution in [0.5, 0.6) is 0 Å². The average molecular weight is 355 g/mol. The van der Waals surface area contributed by atoms with Gasteiger partial charge in [0, 0.05) is 42.7 Å². The van der Waals surface area contributed by atoms with Gasteiger partial charge < -0.3 is 10.2 Å². The normalized spacial score (nSPS) is 20.6. The molecule has 1 aliphatic carbocycles. The molecule has 2 aromatic rings. The highest BCUT2D eigenvalue weighted by atomic mass is 16.2. The van der Waals surface area contributed by atoms with Gasteiger partial charge in [0.25, 0.3) is 0 Å². The fourth-order valence-electron chi connectivity index (χ4n) is 3.73. The van der Waals surface area contributed by atoms with Crippen molar-refractivity contribution in [2.45, 2.75) is 51.5 Å². The van der Waals surface area contributed by atoms with Gasteiger partial charge in [-0.25, -0.2) is 4.79 Å². The number of Topliss-reactive ketones (excluding diaryl/α,β-unsaturated/α-hetero) is 1. The lowest BCUT2D eigenvalue weighted by Crippen LogP contribution is -2.41. The third-order valence-electron chi connectivity index (χ3n) is 5.44. The summed E-state index contributed by atoms with van der Waals surface area (Å²) in [4.78, 5) is 26.6. The predicted molar refractivity (Wildman–Crippen MR) is 97.3 cm³/mol. The summed E-state index contributed by atoms with van der Waals surface area (Å²) in [5, 5.41) is 11.5. The number of aromatic nitrogens is 3. The van der Waals surface area contributed by atoms with Crippen molar-refractivity contribution < 1.29 is 9.59 Å². The Labute approximate surface area is 152 Å². The van der Waals surface area contributed by atoms with E-state index in [0.29, 0.717) is 13.1 Å². The van der Waals surface area contributed by atoms with E-state index >= 15 is 0 Å². The molecule has 138 valence electrons. The Bertz CT molecular complexity index is 840. The molecule has 2 aliphatic rings. The molecule has 1 saturated heterocycles. The number of likely N-dealkylation sites (tertiary alicyclic amines) is 1. The summed E-state index contributed by atoms with van der Waals surface area (Å²) in [5.41, 5.74) is 1.48. The Morgan fingerprint density at radius 1 is 1.19 bits per heavy atom. The number of rotatable bonds is 4. The third-order valence-corrected chi connectivity index (χ3v) is 5.44. The molecule has 7 heteroatoms. The van der Waals surface area contributed by atoms with Gasteiger partial charge >= 0.3 is 6.03 Å². The Hall–Kier alpha value is -2.44. The SMILES string of the molecule is CC(C)NC(=O)N1CCC(c2nnc3ccc(C(=O)C4CCC4)cn23)C1. The topological polar surface area (TPSA) is 79.6 Å². The van der Waals surface area contributed by atoms with Crippen LogP contribution in [0.25, 0.3) is 5.65 Å². The lowest BCUT2D eigenvalue weighted by molar-refractivity contribution is 0.0854. The molecule has 26 heavy (non-hydrogen) atoms. The summed E-state index contributed by atoms with van der Waals surface area (Å²) in [7, 11) is 0. The van der Waals surface area contributed by atoms with E-state index in [-0.39, 0.29) is 29.7 Å². The number of hydrogen-bond acceptors (Lipinski definition) is 4. The van der Waals surface area contributed by atoms with E-state index in [1.807, 2.05) is 41.5 Å². The minimum absolute atomic E-state index is 0.0304. The van der Waals surface area contributed by atoms with Gasteiger partial charge in [0.1, 0.15) is 5.82 Å². The summed E-state index contributed by atoms with van der Waals surface area (Å²) in [6.07, 6.45) is 5.87. The second-order valence-electron chi connectivity index (χ2n) is 7.73. The van der Waals surface area contributed by atoms with Crippen LogP contribution >= 0.6 is 0 Å². The van der Waals surface area contributed by atoms with Gasteiger partial charge in [-0.3, -0.25) is 9.20 Å². The molecule has 0 radical (unpaired) electrons. The molecule has 2 amide bonds. The zero-order chi connectivity index (χ0) is 18.3. The first-order valence-corrected chi connectivity index (χ1v) is 9.47. The quantitative estimate of drug-likeness (QED) is 0.855. The van der Waals surface area contributed by atoms with E-state index in [4.69, 9.17) is 0 Å². The number of nitrogens with one attached hydrogen (secondary N) is 1. The standard InChI is InChI=1S/C19H25N5O2/c1-12(2)20-19(26)23-9-8-15(10-23)18-22-21-16-7-6-14(11-24(16)18)17(25)13-4-3-5-13/h6-7,11-13,15H,3-5,8-10H2,1-2H3,(H,20,26). The molecule has 1 saturated carbocycles. The summed E-state index contributed by atoms with van der Waals surface area (Å²) in [6, 6.07) is 3.80. The van der Waals surface area contributed by atoms with E-state index in [2.05, 4.69) is 15.5 Å². The number of fused-ring (bicyclic) bond motifs is 1. The molecule has 2 fully saturated rings. The smallest absolute Gasteiger partial charge is 0.317 e. The summed E-state index contributed by atoms with van der Waals surface area (Å²) in [5.74, 6) is 1.37. The molecular weight excluding hydrogens is 330 g/mol. The monoisotopic (exact) mass is 355 g/mol. The van der Waals surface area contributed by atoms with E-state index in [9.17, 15) is 9.59 Å². The van der Waals surface area contributed by atoms with Crippen LogP contribution in [0.2, 0.25) is 0 Å². The molecule has 1 aliphatic heterocycles. The van der Waals surface area contributed by atoms with Gasteiger partial charge in [0.05, 0.1) is 0 Å². The fourth-order valence-corrected chi connectivity index (χ4v) is 3.73. The molecule has 7 nitrogen and oxygen atoms in total. The van der Waals surface area contributed by atoms with Crippen molar-refractivity contribution in [2.24, 2.45) is 5.92 Å². The first-order valence-electron chi connectivity index (χ1n) is 9.47. The van der Waals surface area contributed by atoms with Crippen molar-refractivity contribution in [3.63, 3.8) is 0 Å². The predicted octanol–water partition coefficient (Wildman–Crippen LogP) is 2.62. The Morgan fingerprint density at radius 2 is 2.00 bits per heavy atom. The molecular formula is C19H25N5O2. The number of nitrogens with zero attached hydrogens (tertiary/aromatic N) is 4. The van der Waals surface area contributed by atoms with Crippen molar-refractivity contribution in [3.05, 3.63) is 29.7 Å². The number of carbonyl (C=O) groups is 2. The maximum Gasteiger partial charge on any atom is 0.317 e. The molecule has 1 N–H and O–H groups in total. The van der Waals surface area contributed by atoms with Crippen LogP contribution in [0.3, 0.4) is 0 Å². The van der Waals surface area contributed by atoms with Crippen LogP contribution in [0.15, 0.2) is 18.3 Å². The van der Waals surface area contributed by atoms with Gasteiger partial charge in [-0.1, -0.05) is 6.42 Å². The first-order chi connectivity index (χ1) is 12.5. The van der Waals surface area contributed by atoms with Crippen LogP contribution in [0, 0.1) is 5.92 Å². The average Bonchev–Trinajstić information content (AvgIpc) is 3.18. The molecule has 0 spiro atoms. The minimum atomic E-state index is -0.0304. The highest BCUT2D eigenvalue weighted by molar-refractivity contribution is 5.98. The molecule has 1 atom stereocenters. The van der Waals surface area contributed by atoms with E-state index in [1.54, 1.807) is 0 Å². The van der Waals surface area contributed by atoms with E-state index in [1.165, 1.54) is 0 Å². The largest absolute Gasteiger partial charge is 0.336 e. The highest BCUT2D eigenvalue weighted by Gasteiger charge is 2.31. The summed E-state index contributed by atoms with van der Waals surface area (Å²) in [6.45, 7) is 5.25. The first kappa shape index (κ1) is 17.0. The van der Waals surface area contributed by atoms with E-state index in [0.717, 1.165) is 42.7 Å². The Kier molecular flexibility index (Phi) is 4.38. The van der Waals surface area contributed by atoms with Crippen LogP contribution < -0.4 is 5.32 Å². The van der Waals surface area contributed by atoms with Gasteiger partial charge in [-0.05, 0) is 45.2 Å². The van der Waals surface area contributed by atoms with Gasteiger partial charge in [-0.2, -0.15) is 0 Å². The molecule has 3 heterocycles.